The lowest BCUT2D eigenvalue weighted by Crippen LogP contribution is -2.04. The Labute approximate surface area is 97.4 Å². The highest BCUT2D eigenvalue weighted by Gasteiger charge is 2.13. The molecule has 2 aromatic heterocycles. The fourth-order valence-corrected chi connectivity index (χ4v) is 2.03. The molecule has 0 spiro atoms. The van der Waals surface area contributed by atoms with Crippen molar-refractivity contribution in [2.75, 3.05) is 6.26 Å². The van der Waals surface area contributed by atoms with Crippen molar-refractivity contribution in [1.29, 1.82) is 0 Å². The second kappa shape index (κ2) is 3.64. The van der Waals surface area contributed by atoms with Crippen LogP contribution in [-0.2, 0) is 9.84 Å². The third kappa shape index (κ3) is 1.98. The molecule has 2 rings (SSSR count). The van der Waals surface area contributed by atoms with Gasteiger partial charge in [-0.25, -0.2) is 18.4 Å². The normalized spacial score (nSPS) is 11.9. The Hall–Kier alpha value is -1.27. The third-order valence-electron chi connectivity index (χ3n) is 2.05. The molecule has 0 aliphatic rings. The van der Waals surface area contributed by atoms with E-state index in [1.807, 2.05) is 6.92 Å². The van der Waals surface area contributed by atoms with Gasteiger partial charge < -0.3 is 0 Å². The average Bonchev–Trinajstić information content (AvgIpc) is 2.15. The van der Waals surface area contributed by atoms with Crippen LogP contribution in [0.5, 0.6) is 0 Å². The topological polar surface area (TPSA) is 72.8 Å². The number of nitrogens with zero attached hydrogens (tertiary/aromatic N) is 3. The van der Waals surface area contributed by atoms with Crippen LogP contribution in [0.15, 0.2) is 17.4 Å². The van der Waals surface area contributed by atoms with Crippen LogP contribution in [0.2, 0.25) is 5.15 Å². The molecule has 0 N–H and O–H groups in total. The lowest BCUT2D eigenvalue weighted by atomic mass is 10.2. The van der Waals surface area contributed by atoms with Crippen molar-refractivity contribution in [3.63, 3.8) is 0 Å². The van der Waals surface area contributed by atoms with Gasteiger partial charge in [-0.2, -0.15) is 4.98 Å². The van der Waals surface area contributed by atoms with Gasteiger partial charge in [0.2, 0.25) is 15.0 Å². The molecule has 0 bridgehead atoms. The van der Waals surface area contributed by atoms with E-state index in [0.29, 0.717) is 11.0 Å². The van der Waals surface area contributed by atoms with E-state index < -0.39 is 9.84 Å². The first-order chi connectivity index (χ1) is 7.38. The highest BCUT2D eigenvalue weighted by atomic mass is 35.5. The Morgan fingerprint density at radius 1 is 1.31 bits per heavy atom. The van der Waals surface area contributed by atoms with Crippen molar-refractivity contribution < 1.29 is 8.42 Å². The van der Waals surface area contributed by atoms with E-state index in [4.69, 9.17) is 11.6 Å². The van der Waals surface area contributed by atoms with E-state index in [-0.39, 0.29) is 10.3 Å². The Bertz CT molecular complexity index is 670. The SMILES string of the molecule is Cc1cc(Cl)nc2nc(S(C)(=O)=O)ncc12. The third-order valence-corrected chi connectivity index (χ3v) is 3.10. The van der Waals surface area contributed by atoms with Crippen molar-refractivity contribution >= 4 is 32.5 Å². The number of aromatic nitrogens is 3. The zero-order valence-electron chi connectivity index (χ0n) is 8.60. The molecule has 0 amide bonds. The smallest absolute Gasteiger partial charge is 0.226 e. The van der Waals surface area contributed by atoms with Crippen molar-refractivity contribution in [3.8, 4) is 0 Å². The van der Waals surface area contributed by atoms with Gasteiger partial charge in [0.05, 0.1) is 0 Å². The maximum absolute atomic E-state index is 11.3. The van der Waals surface area contributed by atoms with E-state index in [0.717, 1.165) is 11.8 Å². The molecule has 0 saturated heterocycles. The summed E-state index contributed by atoms with van der Waals surface area (Å²) in [6, 6.07) is 1.67. The fourth-order valence-electron chi connectivity index (χ4n) is 1.29. The van der Waals surface area contributed by atoms with E-state index in [1.165, 1.54) is 6.20 Å². The van der Waals surface area contributed by atoms with Gasteiger partial charge >= 0.3 is 0 Å². The standard InChI is InChI=1S/C9H8ClN3O2S/c1-5-3-7(10)12-8-6(5)4-11-9(13-8)16(2,14)15/h3-4H,1-2H3. The molecule has 0 radical (unpaired) electrons. The predicted octanol–water partition coefficient (Wildman–Crippen LogP) is 1.39. The summed E-state index contributed by atoms with van der Waals surface area (Å²) in [7, 11) is -3.43. The zero-order valence-corrected chi connectivity index (χ0v) is 10.2. The lowest BCUT2D eigenvalue weighted by molar-refractivity contribution is 0.593. The minimum atomic E-state index is -3.43. The molecule has 0 aliphatic heterocycles. The van der Waals surface area contributed by atoms with Gasteiger partial charge in [0.1, 0.15) is 5.15 Å². The number of hydrogen-bond donors (Lipinski definition) is 0. The monoisotopic (exact) mass is 257 g/mol. The van der Waals surface area contributed by atoms with Crippen LogP contribution in [0, 0.1) is 6.92 Å². The second-order valence-electron chi connectivity index (χ2n) is 3.42. The van der Waals surface area contributed by atoms with Gasteiger partial charge in [-0.3, -0.25) is 0 Å². The molecular formula is C9H8ClN3O2S. The first kappa shape index (κ1) is 11.2. The Morgan fingerprint density at radius 2 is 2.00 bits per heavy atom. The number of aryl methyl sites for hydroxylation is 1. The van der Waals surface area contributed by atoms with Gasteiger partial charge in [-0.15, -0.1) is 0 Å². The molecule has 0 aliphatic carbocycles. The Morgan fingerprint density at radius 3 is 2.62 bits per heavy atom. The quantitative estimate of drug-likeness (QED) is 0.570. The number of hydrogen-bond acceptors (Lipinski definition) is 5. The first-order valence-electron chi connectivity index (χ1n) is 4.38. The Kier molecular flexibility index (Phi) is 2.55. The molecule has 84 valence electrons. The molecule has 0 saturated carbocycles. The average molecular weight is 258 g/mol. The summed E-state index contributed by atoms with van der Waals surface area (Å²) in [5, 5.41) is 0.731. The molecule has 0 unspecified atom stereocenters. The zero-order chi connectivity index (χ0) is 11.9. The van der Waals surface area contributed by atoms with E-state index in [1.54, 1.807) is 6.07 Å². The minimum absolute atomic E-state index is 0.242. The summed E-state index contributed by atoms with van der Waals surface area (Å²) in [5.74, 6) is 0. The molecule has 0 atom stereocenters. The largest absolute Gasteiger partial charge is 0.248 e. The van der Waals surface area contributed by atoms with Crippen molar-refractivity contribution in [3.05, 3.63) is 23.0 Å². The molecule has 16 heavy (non-hydrogen) atoms. The van der Waals surface area contributed by atoms with E-state index in [9.17, 15) is 8.42 Å². The first-order valence-corrected chi connectivity index (χ1v) is 6.65. The molecule has 0 aromatic carbocycles. The number of sulfone groups is 1. The number of fused-ring (bicyclic) bond motifs is 1. The van der Waals surface area contributed by atoms with Crippen LogP contribution >= 0.6 is 11.6 Å². The van der Waals surface area contributed by atoms with Gasteiger partial charge in [0.25, 0.3) is 0 Å². The molecule has 2 aromatic rings. The summed E-state index contributed by atoms with van der Waals surface area (Å²) >= 11 is 5.77. The van der Waals surface area contributed by atoms with Crippen LogP contribution in [0.4, 0.5) is 0 Å². The number of rotatable bonds is 1. The highest BCUT2D eigenvalue weighted by Crippen LogP contribution is 2.18. The highest BCUT2D eigenvalue weighted by molar-refractivity contribution is 7.90. The van der Waals surface area contributed by atoms with Gasteiger partial charge in [-0.05, 0) is 18.6 Å². The van der Waals surface area contributed by atoms with Gasteiger partial charge in [-0.1, -0.05) is 11.6 Å². The summed E-state index contributed by atoms with van der Waals surface area (Å²) in [5.41, 5.74) is 1.15. The summed E-state index contributed by atoms with van der Waals surface area (Å²) < 4.78 is 22.5. The maximum atomic E-state index is 11.3. The van der Waals surface area contributed by atoms with Crippen LogP contribution < -0.4 is 0 Å². The molecule has 2 heterocycles. The van der Waals surface area contributed by atoms with E-state index in [2.05, 4.69) is 15.0 Å². The van der Waals surface area contributed by atoms with Gasteiger partial charge in [0.15, 0.2) is 5.65 Å². The molecule has 5 nitrogen and oxygen atoms in total. The fraction of sp³-hybridized carbons (Fsp3) is 0.222. The van der Waals surface area contributed by atoms with Crippen molar-refractivity contribution in [2.24, 2.45) is 0 Å². The maximum Gasteiger partial charge on any atom is 0.248 e. The molecule has 0 fully saturated rings. The molecular weight excluding hydrogens is 250 g/mol. The molecule has 7 heteroatoms. The lowest BCUT2D eigenvalue weighted by Gasteiger charge is -2.02. The predicted molar refractivity (Wildman–Crippen MR) is 60.2 cm³/mol. The van der Waals surface area contributed by atoms with Crippen LogP contribution in [0.1, 0.15) is 5.56 Å². The van der Waals surface area contributed by atoms with Crippen molar-refractivity contribution in [1.82, 2.24) is 15.0 Å². The number of pyridine rings is 1. The summed E-state index contributed by atoms with van der Waals surface area (Å²) in [6.45, 7) is 1.83. The van der Waals surface area contributed by atoms with Gasteiger partial charge in [0, 0.05) is 17.8 Å². The van der Waals surface area contributed by atoms with Crippen molar-refractivity contribution in [2.45, 2.75) is 12.1 Å². The summed E-state index contributed by atoms with van der Waals surface area (Å²) in [4.78, 5) is 11.6. The number of halogens is 1. The van der Waals surface area contributed by atoms with Crippen LogP contribution in [0.3, 0.4) is 0 Å². The van der Waals surface area contributed by atoms with Crippen LogP contribution in [0.25, 0.3) is 11.0 Å². The Balaban J connectivity index is 2.81. The summed E-state index contributed by atoms with van der Waals surface area (Å²) in [6.07, 6.45) is 2.49. The van der Waals surface area contributed by atoms with Crippen LogP contribution in [-0.4, -0.2) is 29.6 Å². The second-order valence-corrected chi connectivity index (χ2v) is 5.72. The minimum Gasteiger partial charge on any atom is -0.226 e. The van der Waals surface area contributed by atoms with E-state index >= 15 is 0 Å².